The molecule has 94 valence electrons. The summed E-state index contributed by atoms with van der Waals surface area (Å²) in [5.41, 5.74) is 6.78. The highest BCUT2D eigenvalue weighted by Gasteiger charge is 2.34. The van der Waals surface area contributed by atoms with Crippen LogP contribution in [0.3, 0.4) is 0 Å². The molecule has 1 fully saturated rings. The quantitative estimate of drug-likeness (QED) is 0.878. The summed E-state index contributed by atoms with van der Waals surface area (Å²) in [6.45, 7) is 4.94. The molecule has 1 aliphatic heterocycles. The minimum Gasteiger partial charge on any atom is -0.491 e. The zero-order chi connectivity index (χ0) is 12.3. The third-order valence-corrected chi connectivity index (χ3v) is 3.20. The monoisotopic (exact) mass is 255 g/mol. The third-order valence-electron chi connectivity index (χ3n) is 2.91. The molecule has 0 unspecified atom stereocenters. The van der Waals surface area contributed by atoms with Gasteiger partial charge in [-0.05, 0) is 30.7 Å². The lowest BCUT2D eigenvalue weighted by Gasteiger charge is -2.37. The molecule has 1 aromatic rings. The van der Waals surface area contributed by atoms with Crippen LogP contribution in [0.25, 0.3) is 0 Å². The maximum atomic E-state index is 6.16. The highest BCUT2D eigenvalue weighted by molar-refractivity contribution is 6.32. The van der Waals surface area contributed by atoms with Gasteiger partial charge in [0.05, 0.1) is 24.8 Å². The molecule has 0 aromatic heterocycles. The minimum atomic E-state index is 0.138. The van der Waals surface area contributed by atoms with E-state index in [-0.39, 0.29) is 5.41 Å². The van der Waals surface area contributed by atoms with Crippen molar-refractivity contribution in [2.75, 3.05) is 26.4 Å². The molecule has 3 nitrogen and oxygen atoms in total. The van der Waals surface area contributed by atoms with Gasteiger partial charge in [-0.25, -0.2) is 0 Å². The number of halogens is 1. The molecule has 0 aliphatic carbocycles. The van der Waals surface area contributed by atoms with Gasteiger partial charge in [-0.1, -0.05) is 24.6 Å². The Bertz CT molecular complexity index is 391. The van der Waals surface area contributed by atoms with Crippen molar-refractivity contribution < 1.29 is 9.47 Å². The Labute approximate surface area is 107 Å². The molecule has 1 aliphatic rings. The molecule has 2 rings (SSSR count). The van der Waals surface area contributed by atoms with Crippen molar-refractivity contribution >= 4 is 11.6 Å². The van der Waals surface area contributed by atoms with E-state index < -0.39 is 0 Å². The van der Waals surface area contributed by atoms with Gasteiger partial charge in [0.2, 0.25) is 0 Å². The summed E-state index contributed by atoms with van der Waals surface area (Å²) in [6.07, 6.45) is 0.839. The van der Waals surface area contributed by atoms with E-state index in [1.807, 2.05) is 18.2 Å². The normalized spacial score (nSPS) is 17.6. The molecular formula is C13H18ClNO2. The molecule has 1 saturated heterocycles. The van der Waals surface area contributed by atoms with Crippen LogP contribution in [0.2, 0.25) is 5.02 Å². The van der Waals surface area contributed by atoms with E-state index >= 15 is 0 Å². The highest BCUT2D eigenvalue weighted by atomic mass is 35.5. The van der Waals surface area contributed by atoms with Gasteiger partial charge in [0.25, 0.3) is 0 Å². The Morgan fingerprint density at radius 3 is 2.76 bits per heavy atom. The molecular weight excluding hydrogens is 238 g/mol. The largest absolute Gasteiger partial charge is 0.491 e. The molecule has 0 radical (unpaired) electrons. The summed E-state index contributed by atoms with van der Waals surface area (Å²) >= 11 is 6.16. The molecule has 0 amide bonds. The number of hydrogen-bond acceptors (Lipinski definition) is 3. The molecule has 17 heavy (non-hydrogen) atoms. The fourth-order valence-corrected chi connectivity index (χ4v) is 2.03. The van der Waals surface area contributed by atoms with Gasteiger partial charge in [-0.3, -0.25) is 0 Å². The zero-order valence-corrected chi connectivity index (χ0v) is 10.8. The van der Waals surface area contributed by atoms with E-state index in [0.717, 1.165) is 30.9 Å². The van der Waals surface area contributed by atoms with Crippen LogP contribution in [0.1, 0.15) is 12.5 Å². The minimum absolute atomic E-state index is 0.138. The van der Waals surface area contributed by atoms with Gasteiger partial charge in [-0.2, -0.15) is 0 Å². The second kappa shape index (κ2) is 5.25. The van der Waals surface area contributed by atoms with Crippen molar-refractivity contribution in [1.29, 1.82) is 0 Å². The highest BCUT2D eigenvalue weighted by Crippen LogP contribution is 2.31. The Morgan fingerprint density at radius 2 is 2.24 bits per heavy atom. The topological polar surface area (TPSA) is 44.5 Å². The van der Waals surface area contributed by atoms with Gasteiger partial charge in [-0.15, -0.1) is 0 Å². The van der Waals surface area contributed by atoms with Crippen LogP contribution in [0.5, 0.6) is 5.75 Å². The molecule has 4 heteroatoms. The summed E-state index contributed by atoms with van der Waals surface area (Å²) in [7, 11) is 0. The summed E-state index contributed by atoms with van der Waals surface area (Å²) in [5.74, 6) is 0.737. The average molecular weight is 256 g/mol. The summed E-state index contributed by atoms with van der Waals surface area (Å²) in [5, 5.41) is 0.653. The van der Waals surface area contributed by atoms with Gasteiger partial charge in [0.15, 0.2) is 0 Å². The van der Waals surface area contributed by atoms with E-state index in [0.29, 0.717) is 18.2 Å². The predicted octanol–water partition coefficient (Wildman–Crippen LogP) is 2.26. The van der Waals surface area contributed by atoms with Crippen molar-refractivity contribution in [1.82, 2.24) is 0 Å². The van der Waals surface area contributed by atoms with E-state index in [9.17, 15) is 0 Å². The van der Waals surface area contributed by atoms with Crippen molar-refractivity contribution in [3.05, 3.63) is 28.8 Å². The Balaban J connectivity index is 1.96. The lowest BCUT2D eigenvalue weighted by molar-refractivity contribution is -0.120. The second-order valence-corrected chi connectivity index (χ2v) is 5.30. The summed E-state index contributed by atoms with van der Waals surface area (Å²) in [6, 6.07) is 5.84. The summed E-state index contributed by atoms with van der Waals surface area (Å²) < 4.78 is 10.9. The number of rotatable bonds is 5. The Kier molecular flexibility index (Phi) is 3.92. The van der Waals surface area contributed by atoms with Crippen molar-refractivity contribution in [3.63, 3.8) is 0 Å². The van der Waals surface area contributed by atoms with E-state index in [2.05, 4.69) is 6.92 Å². The molecule has 1 heterocycles. The molecule has 0 bridgehead atoms. The molecule has 1 aromatic carbocycles. The van der Waals surface area contributed by atoms with E-state index in [1.165, 1.54) is 0 Å². The Morgan fingerprint density at radius 1 is 1.47 bits per heavy atom. The average Bonchev–Trinajstić information content (AvgIpc) is 2.26. The molecule has 0 spiro atoms. The van der Waals surface area contributed by atoms with E-state index in [1.54, 1.807) is 0 Å². The Hall–Kier alpha value is -0.770. The first-order valence-electron chi connectivity index (χ1n) is 5.82. The first kappa shape index (κ1) is 12.7. The van der Waals surface area contributed by atoms with Crippen LogP contribution < -0.4 is 10.5 Å². The zero-order valence-electron chi connectivity index (χ0n) is 10.0. The molecule has 2 N–H and O–H groups in total. The van der Waals surface area contributed by atoms with Crippen molar-refractivity contribution in [2.24, 2.45) is 11.1 Å². The van der Waals surface area contributed by atoms with Crippen LogP contribution in [0.15, 0.2) is 18.2 Å². The van der Waals surface area contributed by atoms with Crippen molar-refractivity contribution in [3.8, 4) is 5.75 Å². The fourth-order valence-electron chi connectivity index (χ4n) is 1.77. The SMILES string of the molecule is CC1(COc2ccc(CCN)cc2Cl)COC1. The fraction of sp³-hybridized carbons (Fsp3) is 0.538. The molecule has 0 atom stereocenters. The lowest BCUT2D eigenvalue weighted by Crippen LogP contribution is -2.44. The van der Waals surface area contributed by atoms with Gasteiger partial charge >= 0.3 is 0 Å². The number of ether oxygens (including phenoxy) is 2. The lowest BCUT2D eigenvalue weighted by atomic mass is 9.90. The number of hydrogen-bond donors (Lipinski definition) is 1. The maximum absolute atomic E-state index is 6.16. The van der Waals surface area contributed by atoms with Gasteiger partial charge < -0.3 is 15.2 Å². The predicted molar refractivity (Wildman–Crippen MR) is 68.6 cm³/mol. The van der Waals surface area contributed by atoms with Crippen LogP contribution in [0, 0.1) is 5.41 Å². The first-order valence-corrected chi connectivity index (χ1v) is 6.20. The van der Waals surface area contributed by atoms with E-state index in [4.69, 9.17) is 26.8 Å². The van der Waals surface area contributed by atoms with Crippen LogP contribution in [-0.2, 0) is 11.2 Å². The maximum Gasteiger partial charge on any atom is 0.137 e. The number of nitrogens with two attached hydrogens (primary N) is 1. The van der Waals surface area contributed by atoms with Gasteiger partial charge in [0.1, 0.15) is 5.75 Å². The van der Waals surface area contributed by atoms with Gasteiger partial charge in [0, 0.05) is 5.41 Å². The van der Waals surface area contributed by atoms with Crippen LogP contribution >= 0.6 is 11.6 Å². The second-order valence-electron chi connectivity index (χ2n) is 4.90. The third kappa shape index (κ3) is 3.12. The van der Waals surface area contributed by atoms with Crippen molar-refractivity contribution in [2.45, 2.75) is 13.3 Å². The van der Waals surface area contributed by atoms with Crippen LogP contribution in [0.4, 0.5) is 0 Å². The standard InChI is InChI=1S/C13H18ClNO2/c1-13(7-16-8-13)9-17-12-3-2-10(4-5-15)6-11(12)14/h2-3,6H,4-5,7-9,15H2,1H3. The molecule has 0 saturated carbocycles. The first-order chi connectivity index (χ1) is 8.13. The smallest absolute Gasteiger partial charge is 0.137 e. The number of benzene rings is 1. The summed E-state index contributed by atoms with van der Waals surface area (Å²) in [4.78, 5) is 0. The van der Waals surface area contributed by atoms with Crippen LogP contribution in [-0.4, -0.2) is 26.4 Å².